The van der Waals surface area contributed by atoms with Crippen LogP contribution in [0, 0.1) is 12.7 Å². The summed E-state index contributed by atoms with van der Waals surface area (Å²) < 4.78 is 24.8. The number of benzene rings is 1. The van der Waals surface area contributed by atoms with Gasteiger partial charge in [-0.25, -0.2) is 9.37 Å². The minimum atomic E-state index is -0.610. The SMILES string of the molecule is Cc1ccc(-c2nnc(-c3cccc(NC(=O)c4ccccc4F)n3)o2)o1. The maximum atomic E-state index is 13.7. The second kappa shape index (κ2) is 6.83. The minimum absolute atomic E-state index is 0.0713. The number of amides is 1. The lowest BCUT2D eigenvalue weighted by Gasteiger charge is -2.06. The average molecular weight is 364 g/mol. The van der Waals surface area contributed by atoms with Gasteiger partial charge in [-0.1, -0.05) is 18.2 Å². The van der Waals surface area contributed by atoms with Gasteiger partial charge in [-0.15, -0.1) is 10.2 Å². The molecule has 1 N–H and O–H groups in total. The van der Waals surface area contributed by atoms with Crippen LogP contribution in [0.3, 0.4) is 0 Å². The number of nitrogens with one attached hydrogen (secondary N) is 1. The van der Waals surface area contributed by atoms with Gasteiger partial charge >= 0.3 is 0 Å². The Morgan fingerprint density at radius 3 is 2.56 bits per heavy atom. The lowest BCUT2D eigenvalue weighted by Crippen LogP contribution is -2.14. The summed E-state index contributed by atoms with van der Waals surface area (Å²) in [6.07, 6.45) is 0. The standard InChI is InChI=1S/C19H13FN4O3/c1-11-9-10-15(26-11)19-24-23-18(27-19)14-7-4-8-16(21-14)22-17(25)12-5-2-3-6-13(12)20/h2-10H,1H3,(H,21,22,25). The fraction of sp³-hybridized carbons (Fsp3) is 0.0526. The van der Waals surface area contributed by atoms with Gasteiger partial charge in [0.2, 0.25) is 0 Å². The van der Waals surface area contributed by atoms with Gasteiger partial charge in [0.05, 0.1) is 5.56 Å². The van der Waals surface area contributed by atoms with Gasteiger partial charge in [0, 0.05) is 0 Å². The first-order valence-corrected chi connectivity index (χ1v) is 8.04. The zero-order chi connectivity index (χ0) is 18.8. The van der Waals surface area contributed by atoms with E-state index in [2.05, 4.69) is 20.5 Å². The van der Waals surface area contributed by atoms with E-state index in [0.717, 1.165) is 5.76 Å². The highest BCUT2D eigenvalue weighted by Gasteiger charge is 2.16. The van der Waals surface area contributed by atoms with Gasteiger partial charge in [0.15, 0.2) is 5.76 Å². The lowest BCUT2D eigenvalue weighted by atomic mass is 10.2. The fourth-order valence-corrected chi connectivity index (χ4v) is 2.43. The van der Waals surface area contributed by atoms with Crippen LogP contribution in [0.15, 0.2) is 63.4 Å². The summed E-state index contributed by atoms with van der Waals surface area (Å²) in [6.45, 7) is 1.81. The molecule has 0 radical (unpaired) electrons. The average Bonchev–Trinajstić information content (AvgIpc) is 3.31. The van der Waals surface area contributed by atoms with Gasteiger partial charge < -0.3 is 14.2 Å². The van der Waals surface area contributed by atoms with Crippen molar-refractivity contribution in [3.63, 3.8) is 0 Å². The zero-order valence-electron chi connectivity index (χ0n) is 14.1. The number of hydrogen-bond donors (Lipinski definition) is 1. The highest BCUT2D eigenvalue weighted by atomic mass is 19.1. The first-order valence-electron chi connectivity index (χ1n) is 8.04. The number of carbonyl (C=O) groups excluding carboxylic acids is 1. The summed E-state index contributed by atoms with van der Waals surface area (Å²) >= 11 is 0. The topological polar surface area (TPSA) is 94.1 Å². The molecule has 134 valence electrons. The fourth-order valence-electron chi connectivity index (χ4n) is 2.43. The van der Waals surface area contributed by atoms with Crippen molar-refractivity contribution >= 4 is 11.7 Å². The van der Waals surface area contributed by atoms with Crippen LogP contribution in [0.4, 0.5) is 10.2 Å². The molecule has 7 nitrogen and oxygen atoms in total. The Kier molecular flexibility index (Phi) is 4.21. The van der Waals surface area contributed by atoms with E-state index in [1.54, 1.807) is 36.4 Å². The van der Waals surface area contributed by atoms with Crippen LogP contribution in [0.5, 0.6) is 0 Å². The van der Waals surface area contributed by atoms with Crippen LogP contribution in [0.2, 0.25) is 0 Å². The third-order valence-corrected chi connectivity index (χ3v) is 3.70. The Morgan fingerprint density at radius 1 is 0.963 bits per heavy atom. The Bertz CT molecular complexity index is 1120. The molecule has 0 unspecified atom stereocenters. The molecule has 8 heteroatoms. The van der Waals surface area contributed by atoms with Crippen LogP contribution in [0.1, 0.15) is 16.1 Å². The number of nitrogens with zero attached hydrogens (tertiary/aromatic N) is 3. The van der Waals surface area contributed by atoms with Crippen molar-refractivity contribution in [1.29, 1.82) is 0 Å². The van der Waals surface area contributed by atoms with Crippen LogP contribution >= 0.6 is 0 Å². The third-order valence-electron chi connectivity index (χ3n) is 3.70. The molecule has 0 atom stereocenters. The quantitative estimate of drug-likeness (QED) is 0.586. The minimum Gasteiger partial charge on any atom is -0.456 e. The van der Waals surface area contributed by atoms with Crippen molar-refractivity contribution in [3.8, 4) is 23.2 Å². The number of furan rings is 1. The lowest BCUT2D eigenvalue weighted by molar-refractivity contribution is 0.102. The molecule has 0 bridgehead atoms. The molecule has 1 aromatic carbocycles. The normalized spacial score (nSPS) is 10.7. The smallest absolute Gasteiger partial charge is 0.283 e. The number of aromatic nitrogens is 3. The Hall–Kier alpha value is -3.81. The second-order valence-corrected chi connectivity index (χ2v) is 5.66. The van der Waals surface area contributed by atoms with E-state index in [-0.39, 0.29) is 23.2 Å². The summed E-state index contributed by atoms with van der Waals surface area (Å²) in [5.74, 6) is 0.587. The molecular formula is C19H13FN4O3. The summed E-state index contributed by atoms with van der Waals surface area (Å²) in [4.78, 5) is 16.5. The van der Waals surface area contributed by atoms with Crippen molar-refractivity contribution in [2.75, 3.05) is 5.32 Å². The van der Waals surface area contributed by atoms with Crippen molar-refractivity contribution in [3.05, 3.63) is 71.7 Å². The van der Waals surface area contributed by atoms with Gasteiger partial charge in [-0.3, -0.25) is 4.79 Å². The van der Waals surface area contributed by atoms with Crippen molar-refractivity contribution in [2.45, 2.75) is 6.92 Å². The molecule has 4 rings (SSSR count). The van der Waals surface area contributed by atoms with E-state index < -0.39 is 11.7 Å². The Labute approximate surface area is 152 Å². The number of anilines is 1. The van der Waals surface area contributed by atoms with E-state index in [1.165, 1.54) is 18.2 Å². The Morgan fingerprint density at radius 2 is 1.78 bits per heavy atom. The molecule has 27 heavy (non-hydrogen) atoms. The molecule has 0 aliphatic rings. The monoisotopic (exact) mass is 364 g/mol. The van der Waals surface area contributed by atoms with E-state index in [0.29, 0.717) is 11.5 Å². The van der Waals surface area contributed by atoms with Crippen molar-refractivity contribution < 1.29 is 18.0 Å². The van der Waals surface area contributed by atoms with Crippen LogP contribution in [-0.4, -0.2) is 21.1 Å². The maximum Gasteiger partial charge on any atom is 0.283 e. The largest absolute Gasteiger partial charge is 0.456 e. The van der Waals surface area contributed by atoms with Gasteiger partial charge in [0.1, 0.15) is 23.1 Å². The number of rotatable bonds is 4. The summed E-state index contributed by atoms with van der Waals surface area (Å²) in [5, 5.41) is 10.4. The predicted molar refractivity (Wildman–Crippen MR) is 94.3 cm³/mol. The first kappa shape index (κ1) is 16.6. The third kappa shape index (κ3) is 3.45. The molecule has 0 saturated carbocycles. The Balaban J connectivity index is 1.57. The molecular weight excluding hydrogens is 351 g/mol. The van der Waals surface area contributed by atoms with Gasteiger partial charge in [0.25, 0.3) is 17.7 Å². The second-order valence-electron chi connectivity index (χ2n) is 5.66. The first-order chi connectivity index (χ1) is 13.1. The summed E-state index contributed by atoms with van der Waals surface area (Å²) in [7, 11) is 0. The van der Waals surface area contributed by atoms with Gasteiger partial charge in [-0.2, -0.15) is 0 Å². The molecule has 1 amide bonds. The molecule has 0 saturated heterocycles. The highest BCUT2D eigenvalue weighted by Crippen LogP contribution is 2.25. The number of carbonyl (C=O) groups is 1. The molecule has 3 heterocycles. The van der Waals surface area contributed by atoms with E-state index >= 15 is 0 Å². The number of halogens is 1. The molecule has 3 aromatic heterocycles. The maximum absolute atomic E-state index is 13.7. The molecule has 0 aliphatic heterocycles. The van der Waals surface area contributed by atoms with Crippen LogP contribution in [0.25, 0.3) is 23.2 Å². The zero-order valence-corrected chi connectivity index (χ0v) is 14.1. The highest BCUT2D eigenvalue weighted by molar-refractivity contribution is 6.04. The molecule has 4 aromatic rings. The van der Waals surface area contributed by atoms with E-state index in [1.807, 2.05) is 6.92 Å². The van der Waals surface area contributed by atoms with E-state index in [9.17, 15) is 9.18 Å². The number of aryl methyl sites for hydroxylation is 1. The number of pyridine rings is 1. The molecule has 0 spiro atoms. The molecule has 0 aliphatic carbocycles. The van der Waals surface area contributed by atoms with Crippen LogP contribution < -0.4 is 5.32 Å². The summed E-state index contributed by atoms with van der Waals surface area (Å²) in [6, 6.07) is 14.1. The van der Waals surface area contributed by atoms with Crippen molar-refractivity contribution in [2.24, 2.45) is 0 Å². The molecule has 0 fully saturated rings. The van der Waals surface area contributed by atoms with Crippen molar-refractivity contribution in [1.82, 2.24) is 15.2 Å². The van der Waals surface area contributed by atoms with Gasteiger partial charge in [-0.05, 0) is 43.3 Å². The van der Waals surface area contributed by atoms with E-state index in [4.69, 9.17) is 8.83 Å². The predicted octanol–water partition coefficient (Wildman–Crippen LogP) is 4.09. The van der Waals surface area contributed by atoms with Crippen LogP contribution in [-0.2, 0) is 0 Å². The number of hydrogen-bond acceptors (Lipinski definition) is 6. The summed E-state index contributed by atoms with van der Waals surface area (Å²) in [5.41, 5.74) is 0.293.